The minimum Gasteiger partial charge on any atom is -0.325 e. The van der Waals surface area contributed by atoms with Crippen molar-refractivity contribution in [3.63, 3.8) is 0 Å². The third kappa shape index (κ3) is 2.00. The molecule has 1 aliphatic rings. The zero-order chi connectivity index (χ0) is 11.0. The van der Waals surface area contributed by atoms with E-state index < -0.39 is 0 Å². The van der Waals surface area contributed by atoms with Gasteiger partial charge in [-0.15, -0.1) is 0 Å². The van der Waals surface area contributed by atoms with Gasteiger partial charge in [-0.2, -0.15) is 0 Å². The predicted octanol–water partition coefficient (Wildman–Crippen LogP) is 3.42. The molecule has 0 radical (unpaired) electrons. The summed E-state index contributed by atoms with van der Waals surface area (Å²) in [6.07, 6.45) is 0.874. The highest BCUT2D eigenvalue weighted by atomic mass is 35.5. The molecule has 2 nitrogen and oxygen atoms in total. The van der Waals surface area contributed by atoms with Crippen LogP contribution in [0.3, 0.4) is 0 Å². The molecule has 0 aliphatic carbocycles. The molecule has 1 aliphatic heterocycles. The second-order valence-corrected chi connectivity index (χ2v) is 4.84. The number of carbonyl (C=O) groups excluding carboxylic acids is 1. The summed E-state index contributed by atoms with van der Waals surface area (Å²) in [6.45, 7) is 4.24. The maximum Gasteiger partial charge on any atom is 0.232 e. The van der Waals surface area contributed by atoms with Crippen LogP contribution < -0.4 is 5.32 Å². The van der Waals surface area contributed by atoms with Crippen molar-refractivity contribution in [3.8, 4) is 0 Å². The van der Waals surface area contributed by atoms with Crippen LogP contribution in [0.2, 0.25) is 5.02 Å². The van der Waals surface area contributed by atoms with Crippen molar-refractivity contribution in [2.45, 2.75) is 26.2 Å². The van der Waals surface area contributed by atoms with Crippen molar-refractivity contribution < 1.29 is 4.79 Å². The number of nitrogens with one attached hydrogen (secondary N) is 1. The molecule has 1 unspecified atom stereocenters. The number of amides is 1. The number of halogens is 1. The smallest absolute Gasteiger partial charge is 0.232 e. The van der Waals surface area contributed by atoms with E-state index in [2.05, 4.69) is 19.2 Å². The second kappa shape index (κ2) is 3.86. The first-order valence-electron chi connectivity index (χ1n) is 5.18. The van der Waals surface area contributed by atoms with E-state index in [0.717, 1.165) is 17.7 Å². The summed E-state index contributed by atoms with van der Waals surface area (Å²) in [5, 5.41) is 3.58. The SMILES string of the molecule is CC(C)CC1C(=O)Nc2ccc(Cl)cc21. The molecule has 1 N–H and O–H groups in total. The van der Waals surface area contributed by atoms with Gasteiger partial charge in [0, 0.05) is 10.7 Å². The van der Waals surface area contributed by atoms with Gasteiger partial charge in [-0.25, -0.2) is 0 Å². The topological polar surface area (TPSA) is 29.1 Å². The van der Waals surface area contributed by atoms with Crippen LogP contribution in [0.1, 0.15) is 31.7 Å². The van der Waals surface area contributed by atoms with Crippen molar-refractivity contribution in [2.75, 3.05) is 5.32 Å². The van der Waals surface area contributed by atoms with Gasteiger partial charge in [0.1, 0.15) is 0 Å². The van der Waals surface area contributed by atoms with Crippen LogP contribution in [0.15, 0.2) is 18.2 Å². The first-order valence-corrected chi connectivity index (χ1v) is 5.56. The standard InChI is InChI=1S/C12H14ClNO/c1-7(2)5-10-9-6-8(13)3-4-11(9)14-12(10)15/h3-4,6-7,10H,5H2,1-2H3,(H,14,15). The minimum atomic E-state index is -0.0290. The van der Waals surface area contributed by atoms with Crippen LogP contribution in [-0.4, -0.2) is 5.91 Å². The van der Waals surface area contributed by atoms with Crippen LogP contribution in [0.5, 0.6) is 0 Å². The normalized spacial score (nSPS) is 19.2. The van der Waals surface area contributed by atoms with E-state index >= 15 is 0 Å². The molecule has 1 amide bonds. The van der Waals surface area contributed by atoms with Gasteiger partial charge >= 0.3 is 0 Å². The molecule has 0 aromatic heterocycles. The van der Waals surface area contributed by atoms with Crippen LogP contribution in [-0.2, 0) is 4.79 Å². The third-order valence-electron chi connectivity index (χ3n) is 2.67. The van der Waals surface area contributed by atoms with E-state index in [1.807, 2.05) is 12.1 Å². The van der Waals surface area contributed by atoms with Crippen LogP contribution in [0.4, 0.5) is 5.69 Å². The largest absolute Gasteiger partial charge is 0.325 e. The highest BCUT2D eigenvalue weighted by Gasteiger charge is 2.30. The lowest BCUT2D eigenvalue weighted by atomic mass is 9.91. The Bertz CT molecular complexity index is 401. The van der Waals surface area contributed by atoms with Gasteiger partial charge in [0.05, 0.1) is 5.92 Å². The Morgan fingerprint density at radius 2 is 2.20 bits per heavy atom. The summed E-state index contributed by atoms with van der Waals surface area (Å²) in [6, 6.07) is 5.57. The molecular weight excluding hydrogens is 210 g/mol. The lowest BCUT2D eigenvalue weighted by Crippen LogP contribution is -2.13. The molecule has 0 fully saturated rings. The van der Waals surface area contributed by atoms with E-state index in [9.17, 15) is 4.79 Å². The monoisotopic (exact) mass is 223 g/mol. The van der Waals surface area contributed by atoms with Crippen molar-refractivity contribution >= 4 is 23.2 Å². The molecule has 15 heavy (non-hydrogen) atoms. The molecule has 3 heteroatoms. The summed E-state index contributed by atoms with van der Waals surface area (Å²) in [5.41, 5.74) is 1.95. The number of benzene rings is 1. The number of hydrogen-bond donors (Lipinski definition) is 1. The van der Waals surface area contributed by atoms with E-state index in [1.165, 1.54) is 0 Å². The Kier molecular flexibility index (Phi) is 2.70. The van der Waals surface area contributed by atoms with Gasteiger partial charge in [0.2, 0.25) is 5.91 Å². The Labute approximate surface area is 94.6 Å². The Balaban J connectivity index is 2.35. The molecule has 0 spiro atoms. The molecule has 1 atom stereocenters. The number of carbonyl (C=O) groups is 1. The van der Waals surface area contributed by atoms with Gasteiger partial charge in [-0.05, 0) is 36.1 Å². The number of rotatable bonds is 2. The fraction of sp³-hybridized carbons (Fsp3) is 0.417. The molecule has 0 bridgehead atoms. The average Bonchev–Trinajstić information content (AvgIpc) is 2.43. The first-order chi connectivity index (χ1) is 7.08. The molecule has 1 aromatic rings. The third-order valence-corrected chi connectivity index (χ3v) is 2.91. The minimum absolute atomic E-state index is 0.0290. The van der Waals surface area contributed by atoms with Crippen molar-refractivity contribution in [3.05, 3.63) is 28.8 Å². The summed E-state index contributed by atoms with van der Waals surface area (Å²) in [4.78, 5) is 11.7. The Morgan fingerprint density at radius 3 is 2.87 bits per heavy atom. The predicted molar refractivity (Wildman–Crippen MR) is 62.3 cm³/mol. The first kappa shape index (κ1) is 10.5. The Hall–Kier alpha value is -1.02. The molecule has 2 rings (SSSR count). The summed E-state index contributed by atoms with van der Waals surface area (Å²) >= 11 is 5.93. The second-order valence-electron chi connectivity index (χ2n) is 4.40. The highest BCUT2D eigenvalue weighted by molar-refractivity contribution is 6.31. The molecule has 0 saturated carbocycles. The maximum atomic E-state index is 11.7. The zero-order valence-electron chi connectivity index (χ0n) is 8.88. The van der Waals surface area contributed by atoms with Gasteiger partial charge in [-0.1, -0.05) is 25.4 Å². The van der Waals surface area contributed by atoms with Crippen LogP contribution in [0.25, 0.3) is 0 Å². The molecule has 80 valence electrons. The van der Waals surface area contributed by atoms with E-state index in [4.69, 9.17) is 11.6 Å². The number of hydrogen-bond acceptors (Lipinski definition) is 1. The van der Waals surface area contributed by atoms with Crippen LogP contribution >= 0.6 is 11.6 Å². The molecule has 1 aromatic carbocycles. The molecular formula is C12H14ClNO. The van der Waals surface area contributed by atoms with Gasteiger partial charge in [0.25, 0.3) is 0 Å². The number of anilines is 1. The molecule has 0 saturated heterocycles. The Morgan fingerprint density at radius 1 is 1.47 bits per heavy atom. The van der Waals surface area contributed by atoms with E-state index in [-0.39, 0.29) is 11.8 Å². The maximum absolute atomic E-state index is 11.7. The lowest BCUT2D eigenvalue weighted by molar-refractivity contribution is -0.117. The molecule has 1 heterocycles. The lowest BCUT2D eigenvalue weighted by Gasteiger charge is -2.11. The quantitative estimate of drug-likeness (QED) is 0.818. The zero-order valence-corrected chi connectivity index (χ0v) is 9.64. The fourth-order valence-electron chi connectivity index (χ4n) is 2.00. The van der Waals surface area contributed by atoms with Gasteiger partial charge < -0.3 is 5.32 Å². The van der Waals surface area contributed by atoms with Gasteiger partial charge in [-0.3, -0.25) is 4.79 Å². The summed E-state index contributed by atoms with van der Waals surface area (Å²) in [7, 11) is 0. The van der Waals surface area contributed by atoms with E-state index in [1.54, 1.807) is 6.07 Å². The van der Waals surface area contributed by atoms with Gasteiger partial charge in [0.15, 0.2) is 0 Å². The van der Waals surface area contributed by atoms with Crippen molar-refractivity contribution in [2.24, 2.45) is 5.92 Å². The number of fused-ring (bicyclic) bond motifs is 1. The summed E-state index contributed by atoms with van der Waals surface area (Å²) in [5.74, 6) is 0.574. The van der Waals surface area contributed by atoms with E-state index in [0.29, 0.717) is 10.9 Å². The summed E-state index contributed by atoms with van der Waals surface area (Å²) < 4.78 is 0. The average molecular weight is 224 g/mol. The van der Waals surface area contributed by atoms with Crippen molar-refractivity contribution in [1.29, 1.82) is 0 Å². The van der Waals surface area contributed by atoms with Crippen molar-refractivity contribution in [1.82, 2.24) is 0 Å². The highest BCUT2D eigenvalue weighted by Crippen LogP contribution is 2.37. The fourth-order valence-corrected chi connectivity index (χ4v) is 2.18. The van der Waals surface area contributed by atoms with Crippen LogP contribution in [0, 0.1) is 5.92 Å².